The number of hydrogen-bond acceptors (Lipinski definition) is 12. The molecule has 4 rings (SSSR count). The van der Waals surface area contributed by atoms with Gasteiger partial charge in [-0.05, 0) is 128 Å². The van der Waals surface area contributed by atoms with Crippen molar-refractivity contribution in [2.75, 3.05) is 39.6 Å². The van der Waals surface area contributed by atoms with Gasteiger partial charge in [0.05, 0.1) is 39.6 Å². The standard InChI is InChI=1S/C117H207N3O6S3/c1-7-13-19-25-31-37-43-49-55-61-67-73-79-85-97-121-109-94-91-106(103-112(109)124-100-88-82-76-70-64-58-52-46-40-34-28-22-16-10-4)127-115-118-116(128-107-92-95-110(122-98-86-80-74-68-62-56-50-44-38-32-26-20-14-8-2)113(104-107)125-101-89-83-77-71-65-59-53-47-41-35-29-23-17-11-5)120-117(119-115)129-108-93-96-111(123-99-87-81-75-69-63-57-51-45-39-33-27-21-15-9-3)114(105-108)126-102-90-84-78-72-66-60-54-48-42-36-30-24-18-12-6/h91-96,103-105H,7-90,97-102H2,1-6H3. The van der Waals surface area contributed by atoms with Crippen molar-refractivity contribution < 1.29 is 28.4 Å². The zero-order valence-corrected chi connectivity index (χ0v) is 88.3. The van der Waals surface area contributed by atoms with Gasteiger partial charge in [0.25, 0.3) is 0 Å². The van der Waals surface area contributed by atoms with Crippen LogP contribution in [0.25, 0.3) is 0 Å². The molecule has 0 radical (unpaired) electrons. The summed E-state index contributed by atoms with van der Waals surface area (Å²) >= 11 is 4.72. The SMILES string of the molecule is CCCCCCCCCCCCCCCCOc1ccc(Sc2nc(Sc3ccc(OCCCCCCCCCCCCCCCC)c(OCCCCCCCCCCCCCCCC)c3)nc(Sc3ccc(OCCCCCCCCCCCCCCCC)c(OCCCCCCCCCCCCCCCC)c3)n2)cc1OCCCCCCCCCCCCCCCC. The van der Waals surface area contributed by atoms with E-state index in [-0.39, 0.29) is 0 Å². The maximum Gasteiger partial charge on any atom is 0.197 e. The summed E-state index contributed by atoms with van der Waals surface area (Å²) in [6.45, 7) is 17.9. The van der Waals surface area contributed by atoms with Crippen molar-refractivity contribution in [3.63, 3.8) is 0 Å². The molecular weight excluding hydrogens is 1640 g/mol. The Morgan fingerprint density at radius 1 is 0.147 bits per heavy atom. The van der Waals surface area contributed by atoms with Crippen LogP contribution in [0.15, 0.2) is 84.8 Å². The Morgan fingerprint density at radius 2 is 0.264 bits per heavy atom. The van der Waals surface area contributed by atoms with Crippen LogP contribution in [0.2, 0.25) is 0 Å². The summed E-state index contributed by atoms with van der Waals surface area (Å²) in [7, 11) is 0. The molecule has 129 heavy (non-hydrogen) atoms. The summed E-state index contributed by atoms with van der Waals surface area (Å²) in [6.07, 6.45) is 112. The van der Waals surface area contributed by atoms with Crippen molar-refractivity contribution in [2.24, 2.45) is 0 Å². The summed E-state index contributed by atoms with van der Waals surface area (Å²) in [4.78, 5) is 19.0. The molecule has 0 aliphatic heterocycles. The fourth-order valence-corrected chi connectivity index (χ4v) is 20.5. The number of rotatable bonds is 102. The third-order valence-electron chi connectivity index (χ3n) is 26.5. The van der Waals surface area contributed by atoms with Crippen LogP contribution in [0, 0.1) is 0 Å². The predicted octanol–water partition coefficient (Wildman–Crippen LogP) is 41.5. The Morgan fingerprint density at radius 3 is 0.395 bits per heavy atom. The number of unbranched alkanes of at least 4 members (excludes halogenated alkanes) is 78. The van der Waals surface area contributed by atoms with Crippen LogP contribution >= 0.6 is 35.3 Å². The average Bonchev–Trinajstić information content (AvgIpc) is 0.817. The Kier molecular flexibility index (Phi) is 84.2. The second kappa shape index (κ2) is 92.2. The maximum absolute atomic E-state index is 6.81. The molecule has 0 atom stereocenters. The molecule has 0 amide bonds. The van der Waals surface area contributed by atoms with E-state index in [1.165, 1.54) is 501 Å². The zero-order valence-electron chi connectivity index (χ0n) is 85.9. The quantitative estimate of drug-likeness (QED) is 0.0394. The fourth-order valence-electron chi connectivity index (χ4n) is 18.0. The van der Waals surface area contributed by atoms with Crippen molar-refractivity contribution in [3.05, 3.63) is 54.6 Å². The van der Waals surface area contributed by atoms with Crippen molar-refractivity contribution in [2.45, 2.75) is 611 Å². The lowest BCUT2D eigenvalue weighted by molar-refractivity contribution is 0.257. The normalized spacial score (nSPS) is 11.6. The monoisotopic (exact) mass is 1850 g/mol. The molecule has 0 aliphatic carbocycles. The maximum atomic E-state index is 6.81. The van der Waals surface area contributed by atoms with Crippen LogP contribution < -0.4 is 28.4 Å². The molecule has 0 spiro atoms. The molecule has 1 heterocycles. The minimum Gasteiger partial charge on any atom is -0.490 e. The van der Waals surface area contributed by atoms with Gasteiger partial charge in [0, 0.05) is 14.7 Å². The lowest BCUT2D eigenvalue weighted by Gasteiger charge is -2.15. The third-order valence-corrected chi connectivity index (χ3v) is 29.0. The minimum atomic E-state index is 0.633. The Balaban J connectivity index is 1.61. The molecule has 0 aliphatic rings. The minimum absolute atomic E-state index is 0.633. The van der Waals surface area contributed by atoms with Crippen molar-refractivity contribution in [1.29, 1.82) is 0 Å². The van der Waals surface area contributed by atoms with E-state index in [4.69, 9.17) is 43.4 Å². The smallest absolute Gasteiger partial charge is 0.197 e. The number of aromatic nitrogens is 3. The van der Waals surface area contributed by atoms with Gasteiger partial charge in [-0.1, -0.05) is 542 Å². The topological polar surface area (TPSA) is 94.1 Å². The van der Waals surface area contributed by atoms with Gasteiger partial charge in [-0.25, -0.2) is 0 Å². The van der Waals surface area contributed by atoms with Crippen LogP contribution in [0.3, 0.4) is 0 Å². The number of hydrogen-bond donors (Lipinski definition) is 0. The Hall–Kier alpha value is -3.48. The largest absolute Gasteiger partial charge is 0.490 e. The van der Waals surface area contributed by atoms with Crippen LogP contribution in [-0.4, -0.2) is 54.6 Å². The summed E-state index contributed by atoms with van der Waals surface area (Å²) in [5.74, 6) is 4.89. The van der Waals surface area contributed by atoms with E-state index in [0.717, 1.165) is 87.7 Å². The van der Waals surface area contributed by atoms with Crippen molar-refractivity contribution in [1.82, 2.24) is 15.0 Å². The van der Waals surface area contributed by atoms with Crippen LogP contribution in [-0.2, 0) is 0 Å². The van der Waals surface area contributed by atoms with E-state index in [0.29, 0.717) is 55.1 Å². The van der Waals surface area contributed by atoms with Crippen molar-refractivity contribution in [3.8, 4) is 34.5 Å². The third kappa shape index (κ3) is 71.6. The van der Waals surface area contributed by atoms with E-state index >= 15 is 0 Å². The summed E-state index contributed by atoms with van der Waals surface area (Å²) in [5, 5.41) is 1.90. The average molecular weight is 1850 g/mol. The van der Waals surface area contributed by atoms with Gasteiger partial charge in [0.2, 0.25) is 0 Å². The van der Waals surface area contributed by atoms with Gasteiger partial charge >= 0.3 is 0 Å². The first-order valence-corrected chi connectivity index (χ1v) is 59.4. The highest BCUT2D eigenvalue weighted by Gasteiger charge is 2.19. The van der Waals surface area contributed by atoms with Gasteiger partial charge in [-0.3, -0.25) is 0 Å². The molecule has 0 saturated carbocycles. The molecular formula is C117H207N3O6S3. The van der Waals surface area contributed by atoms with E-state index < -0.39 is 0 Å². The molecule has 0 bridgehead atoms. The van der Waals surface area contributed by atoms with Crippen LogP contribution in [0.1, 0.15) is 581 Å². The molecule has 0 unspecified atom stereocenters. The second-order valence-electron chi connectivity index (χ2n) is 39.0. The first-order valence-electron chi connectivity index (χ1n) is 57.0. The van der Waals surface area contributed by atoms with Crippen molar-refractivity contribution >= 4 is 35.3 Å². The summed E-state index contributed by atoms with van der Waals surface area (Å²) < 4.78 is 40.5. The fraction of sp³-hybridized carbons (Fsp3) is 0.821. The lowest BCUT2D eigenvalue weighted by Crippen LogP contribution is -2.03. The van der Waals surface area contributed by atoms with Gasteiger partial charge in [0.1, 0.15) is 0 Å². The highest BCUT2D eigenvalue weighted by Crippen LogP contribution is 2.42. The molecule has 0 N–H and O–H groups in total. The summed E-state index contributed by atoms with van der Waals surface area (Å²) in [6, 6.07) is 19.4. The molecule has 1 aromatic heterocycles. The molecule has 3 aromatic carbocycles. The van der Waals surface area contributed by atoms with Crippen LogP contribution in [0.5, 0.6) is 34.5 Å². The molecule has 744 valence electrons. The number of nitrogens with zero attached hydrogens (tertiary/aromatic N) is 3. The number of benzene rings is 3. The van der Waals surface area contributed by atoms with E-state index in [2.05, 4.69) is 96.1 Å². The van der Waals surface area contributed by atoms with Gasteiger partial charge in [-0.2, -0.15) is 15.0 Å². The molecule has 4 aromatic rings. The molecule has 9 nitrogen and oxygen atoms in total. The van der Waals surface area contributed by atoms with Crippen LogP contribution in [0.4, 0.5) is 0 Å². The summed E-state index contributed by atoms with van der Waals surface area (Å²) in [5.41, 5.74) is 0. The predicted molar refractivity (Wildman–Crippen MR) is 566 cm³/mol. The highest BCUT2D eigenvalue weighted by molar-refractivity contribution is 8.00. The van der Waals surface area contributed by atoms with Gasteiger partial charge < -0.3 is 28.4 Å². The zero-order chi connectivity index (χ0) is 91.4. The highest BCUT2D eigenvalue weighted by atomic mass is 32.2. The van der Waals surface area contributed by atoms with E-state index in [1.807, 2.05) is 0 Å². The molecule has 0 saturated heterocycles. The van der Waals surface area contributed by atoms with Gasteiger partial charge in [-0.15, -0.1) is 0 Å². The molecule has 12 heteroatoms. The lowest BCUT2D eigenvalue weighted by atomic mass is 10.0. The first kappa shape index (κ1) is 118. The number of ether oxygens (including phenoxy) is 6. The van der Waals surface area contributed by atoms with E-state index in [9.17, 15) is 0 Å². The second-order valence-corrected chi connectivity index (χ2v) is 42.1. The Bertz CT molecular complexity index is 2700. The van der Waals surface area contributed by atoms with E-state index in [1.54, 1.807) is 35.3 Å². The Labute approximate surface area is 812 Å². The van der Waals surface area contributed by atoms with Gasteiger partial charge in [0.15, 0.2) is 50.0 Å². The molecule has 0 fully saturated rings. The first-order chi connectivity index (χ1) is 64.0.